The molecule has 0 bridgehead atoms. The van der Waals surface area contributed by atoms with Crippen LogP contribution in [0.15, 0.2) is 42.5 Å². The molecule has 1 aliphatic heterocycles. The molecule has 0 spiro atoms. The average Bonchev–Trinajstić information content (AvgIpc) is 3.27. The molecule has 6 N–H and O–H groups in total. The van der Waals surface area contributed by atoms with Crippen LogP contribution in [0.5, 0.6) is 0 Å². The molecular formula is C25H22N4O6. The maximum atomic E-state index is 12.6. The van der Waals surface area contributed by atoms with Crippen molar-refractivity contribution in [3.8, 4) is 0 Å². The van der Waals surface area contributed by atoms with Gasteiger partial charge in [-0.15, -0.1) is 0 Å². The minimum Gasteiger partial charge on any atom is -0.478 e. The topological polar surface area (TPSA) is 161 Å². The number of aromatic amines is 1. The lowest BCUT2D eigenvalue weighted by atomic mass is 10.0. The van der Waals surface area contributed by atoms with E-state index in [0.29, 0.717) is 45.0 Å². The fourth-order valence-corrected chi connectivity index (χ4v) is 3.90. The van der Waals surface area contributed by atoms with Crippen molar-refractivity contribution >= 4 is 46.8 Å². The number of anilines is 2. The van der Waals surface area contributed by atoms with Crippen LogP contribution in [-0.2, 0) is 11.4 Å². The number of carbonyl (C=O) groups is 4. The molecule has 35 heavy (non-hydrogen) atoms. The van der Waals surface area contributed by atoms with Crippen LogP contribution < -0.4 is 16.0 Å². The van der Waals surface area contributed by atoms with E-state index in [1.54, 1.807) is 50.3 Å². The number of H-pyrrole nitrogens is 1. The SMILES string of the molecule is Cc1[nH]c(C=C2C(=O)Nc3cc(NC(=O)NC(=O)c4ccc(CO)cc4)ccc32)c(C)c1C(=O)O. The zero-order valence-corrected chi connectivity index (χ0v) is 18.9. The number of aliphatic hydroxyl groups excluding tert-OH is 1. The number of carbonyl (C=O) groups excluding carboxylic acids is 3. The van der Waals surface area contributed by atoms with Gasteiger partial charge >= 0.3 is 12.0 Å². The Kier molecular flexibility index (Phi) is 6.22. The highest BCUT2D eigenvalue weighted by atomic mass is 16.4. The summed E-state index contributed by atoms with van der Waals surface area (Å²) in [6.07, 6.45) is 1.59. The molecule has 1 aliphatic rings. The predicted octanol–water partition coefficient (Wildman–Crippen LogP) is 3.28. The number of fused-ring (bicyclic) bond motifs is 1. The van der Waals surface area contributed by atoms with Gasteiger partial charge in [0.15, 0.2) is 0 Å². The van der Waals surface area contributed by atoms with Crippen LogP contribution in [0, 0.1) is 13.8 Å². The van der Waals surface area contributed by atoms with Gasteiger partial charge in [0.2, 0.25) is 0 Å². The van der Waals surface area contributed by atoms with E-state index in [-0.39, 0.29) is 23.6 Å². The Bertz CT molecular complexity index is 1400. The highest BCUT2D eigenvalue weighted by Gasteiger charge is 2.26. The highest BCUT2D eigenvalue weighted by molar-refractivity contribution is 6.35. The molecule has 0 fully saturated rings. The Balaban J connectivity index is 1.50. The van der Waals surface area contributed by atoms with E-state index in [1.165, 1.54) is 12.1 Å². The van der Waals surface area contributed by atoms with Crippen LogP contribution in [0.25, 0.3) is 11.6 Å². The van der Waals surface area contributed by atoms with E-state index in [1.807, 2.05) is 0 Å². The summed E-state index contributed by atoms with van der Waals surface area (Å²) in [7, 11) is 0. The molecule has 0 saturated heterocycles. The van der Waals surface area contributed by atoms with E-state index >= 15 is 0 Å². The van der Waals surface area contributed by atoms with Crippen LogP contribution in [0.4, 0.5) is 16.2 Å². The van der Waals surface area contributed by atoms with Gasteiger partial charge in [-0.2, -0.15) is 0 Å². The Hall–Kier alpha value is -4.70. The average molecular weight is 474 g/mol. The van der Waals surface area contributed by atoms with E-state index in [2.05, 4.69) is 20.9 Å². The van der Waals surface area contributed by atoms with Gasteiger partial charge in [0.1, 0.15) is 0 Å². The zero-order valence-electron chi connectivity index (χ0n) is 18.9. The number of carboxylic acids is 1. The predicted molar refractivity (Wildman–Crippen MR) is 129 cm³/mol. The van der Waals surface area contributed by atoms with Crippen molar-refractivity contribution in [2.24, 2.45) is 0 Å². The molecular weight excluding hydrogens is 452 g/mol. The lowest BCUT2D eigenvalue weighted by molar-refractivity contribution is -0.110. The summed E-state index contributed by atoms with van der Waals surface area (Å²) < 4.78 is 0. The second kappa shape index (κ2) is 9.27. The third-order valence-corrected chi connectivity index (χ3v) is 5.66. The summed E-state index contributed by atoms with van der Waals surface area (Å²) in [5.41, 5.74) is 4.35. The summed E-state index contributed by atoms with van der Waals surface area (Å²) in [4.78, 5) is 51.6. The first-order valence-electron chi connectivity index (χ1n) is 10.6. The number of aliphatic hydroxyl groups is 1. The molecule has 0 saturated carbocycles. The molecule has 2 aromatic carbocycles. The number of nitrogens with one attached hydrogen (secondary N) is 4. The van der Waals surface area contributed by atoms with Crippen LogP contribution in [0.3, 0.4) is 0 Å². The molecule has 1 aromatic heterocycles. The number of aromatic nitrogens is 1. The smallest absolute Gasteiger partial charge is 0.337 e. The number of imide groups is 1. The molecule has 4 amide bonds. The zero-order chi connectivity index (χ0) is 25.3. The number of aryl methyl sites for hydroxylation is 1. The van der Waals surface area contributed by atoms with Crippen LogP contribution in [-0.4, -0.2) is 39.0 Å². The number of amides is 4. The third kappa shape index (κ3) is 4.68. The molecule has 4 rings (SSSR count). The van der Waals surface area contributed by atoms with Crippen LogP contribution in [0.1, 0.15) is 48.8 Å². The van der Waals surface area contributed by atoms with Gasteiger partial charge in [-0.1, -0.05) is 18.2 Å². The van der Waals surface area contributed by atoms with E-state index in [4.69, 9.17) is 5.11 Å². The quantitative estimate of drug-likeness (QED) is 0.311. The fourth-order valence-electron chi connectivity index (χ4n) is 3.90. The first-order chi connectivity index (χ1) is 16.7. The molecule has 2 heterocycles. The van der Waals surface area contributed by atoms with Gasteiger partial charge in [0, 0.05) is 28.2 Å². The standard InChI is InChI=1S/C25H22N4O6/c1-12-19(26-13(2)21(12)24(33)34)10-18-17-8-7-16(9-20(17)28-23(18)32)27-25(35)29-22(31)15-5-3-14(11-30)4-6-15/h3-10,26,30H,11H2,1-2H3,(H,28,32)(H,33,34)(H2,27,29,31,35). The normalized spacial score (nSPS) is 13.3. The summed E-state index contributed by atoms with van der Waals surface area (Å²) in [5.74, 6) is -2.03. The molecule has 178 valence electrons. The number of aromatic carboxylic acids is 1. The number of urea groups is 1. The van der Waals surface area contributed by atoms with Gasteiger partial charge in [0.05, 0.1) is 23.4 Å². The minimum atomic E-state index is -1.05. The van der Waals surface area contributed by atoms with Gasteiger partial charge < -0.3 is 25.8 Å². The summed E-state index contributed by atoms with van der Waals surface area (Å²) >= 11 is 0. The lowest BCUT2D eigenvalue weighted by Crippen LogP contribution is -2.34. The van der Waals surface area contributed by atoms with Gasteiger partial charge in [-0.05, 0) is 55.3 Å². The Morgan fingerprint density at radius 3 is 2.40 bits per heavy atom. The monoisotopic (exact) mass is 474 g/mol. The van der Waals surface area contributed by atoms with Crippen LogP contribution >= 0.6 is 0 Å². The largest absolute Gasteiger partial charge is 0.478 e. The minimum absolute atomic E-state index is 0.151. The number of benzene rings is 2. The lowest BCUT2D eigenvalue weighted by Gasteiger charge is -2.08. The first-order valence-corrected chi connectivity index (χ1v) is 10.6. The molecule has 3 aromatic rings. The maximum Gasteiger partial charge on any atom is 0.337 e. The number of carboxylic acid groups (broad SMARTS) is 1. The summed E-state index contributed by atoms with van der Waals surface area (Å²) in [6, 6.07) is 10.2. The van der Waals surface area contributed by atoms with E-state index in [9.17, 15) is 24.3 Å². The Morgan fingerprint density at radius 2 is 1.77 bits per heavy atom. The van der Waals surface area contributed by atoms with Crippen molar-refractivity contribution in [3.63, 3.8) is 0 Å². The maximum absolute atomic E-state index is 12.6. The summed E-state index contributed by atoms with van der Waals surface area (Å²) in [6.45, 7) is 3.17. The highest BCUT2D eigenvalue weighted by Crippen LogP contribution is 2.35. The number of hydrogen-bond acceptors (Lipinski definition) is 5. The molecule has 0 aliphatic carbocycles. The van der Waals surface area contributed by atoms with E-state index < -0.39 is 17.9 Å². The molecule has 10 heteroatoms. The van der Waals surface area contributed by atoms with E-state index in [0.717, 1.165) is 0 Å². The van der Waals surface area contributed by atoms with Crippen molar-refractivity contribution in [2.45, 2.75) is 20.5 Å². The Morgan fingerprint density at radius 1 is 1.06 bits per heavy atom. The summed E-state index contributed by atoms with van der Waals surface area (Å²) in [5, 5.41) is 26.0. The third-order valence-electron chi connectivity index (χ3n) is 5.66. The molecule has 10 nitrogen and oxygen atoms in total. The second-order valence-corrected chi connectivity index (χ2v) is 8.00. The van der Waals surface area contributed by atoms with Crippen molar-refractivity contribution in [2.75, 3.05) is 10.6 Å². The van der Waals surface area contributed by atoms with Gasteiger partial charge in [-0.25, -0.2) is 9.59 Å². The second-order valence-electron chi connectivity index (χ2n) is 8.00. The number of hydrogen-bond donors (Lipinski definition) is 6. The number of rotatable bonds is 5. The van der Waals surface area contributed by atoms with Crippen LogP contribution in [0.2, 0.25) is 0 Å². The van der Waals surface area contributed by atoms with Crippen molar-refractivity contribution < 1.29 is 29.4 Å². The van der Waals surface area contributed by atoms with Gasteiger partial charge in [-0.3, -0.25) is 14.9 Å². The molecule has 0 atom stereocenters. The van der Waals surface area contributed by atoms with Crippen molar-refractivity contribution in [3.05, 3.63) is 81.7 Å². The first kappa shape index (κ1) is 23.5. The van der Waals surface area contributed by atoms with Crippen molar-refractivity contribution in [1.82, 2.24) is 10.3 Å². The van der Waals surface area contributed by atoms with Gasteiger partial charge in [0.25, 0.3) is 11.8 Å². The molecule has 0 radical (unpaired) electrons. The fraction of sp³-hybridized carbons (Fsp3) is 0.120. The molecule has 0 unspecified atom stereocenters. The van der Waals surface area contributed by atoms with Crippen molar-refractivity contribution in [1.29, 1.82) is 0 Å². The Labute approximate surface area is 199 Å².